The smallest absolute Gasteiger partial charge is 0.107 e. The molecule has 3 heterocycles. The topological polar surface area (TPSA) is 19.0 Å². The summed E-state index contributed by atoms with van der Waals surface area (Å²) >= 11 is 0. The van der Waals surface area contributed by atoms with Gasteiger partial charge < -0.3 is 4.74 Å². The highest BCUT2D eigenvalue weighted by Crippen LogP contribution is 2.54. The van der Waals surface area contributed by atoms with Crippen LogP contribution in [0, 0.1) is 0 Å². The molecule has 0 aromatic heterocycles. The zero-order chi connectivity index (χ0) is 16.3. The average molecular weight is 316 g/mol. The van der Waals surface area contributed by atoms with E-state index in [4.69, 9.17) is 4.74 Å². The van der Waals surface area contributed by atoms with Gasteiger partial charge in [0.25, 0.3) is 0 Å². The van der Waals surface area contributed by atoms with Crippen LogP contribution >= 0.6 is 0 Å². The Labute approximate surface area is 142 Å². The van der Waals surface area contributed by atoms with Crippen LogP contribution in [-0.2, 0) is 4.74 Å². The van der Waals surface area contributed by atoms with E-state index in [-0.39, 0.29) is 12.1 Å². The molecule has 24 heavy (non-hydrogen) atoms. The second kappa shape index (κ2) is 4.99. The lowest BCUT2D eigenvalue weighted by Gasteiger charge is -2.43. The lowest BCUT2D eigenvalue weighted by Crippen LogP contribution is -2.44. The molecule has 0 aliphatic carbocycles. The van der Waals surface area contributed by atoms with Crippen LogP contribution in [0.4, 0.5) is 11.4 Å². The Morgan fingerprint density at radius 2 is 1.67 bits per heavy atom. The Morgan fingerprint density at radius 3 is 2.38 bits per heavy atom. The predicted molar refractivity (Wildman–Crippen MR) is 97.7 cm³/mol. The van der Waals surface area contributed by atoms with Crippen molar-refractivity contribution >= 4 is 16.9 Å². The van der Waals surface area contributed by atoms with Crippen LogP contribution in [0.1, 0.15) is 31.0 Å². The van der Waals surface area contributed by atoms with Gasteiger partial charge in [-0.3, -0.25) is 10.0 Å². The van der Waals surface area contributed by atoms with Gasteiger partial charge in [-0.15, -0.1) is 0 Å². The predicted octanol–water partition coefficient (Wildman–Crippen LogP) is 4.69. The summed E-state index contributed by atoms with van der Waals surface area (Å²) in [5.41, 5.74) is 7.70. The molecule has 3 aliphatic heterocycles. The van der Waals surface area contributed by atoms with E-state index in [1.807, 2.05) is 0 Å². The fraction of sp³-hybridized carbons (Fsp3) is 0.238. The summed E-state index contributed by atoms with van der Waals surface area (Å²) in [6.45, 7) is 5.08. The van der Waals surface area contributed by atoms with Gasteiger partial charge in [-0.2, -0.15) is 0 Å². The molecule has 0 saturated carbocycles. The van der Waals surface area contributed by atoms with Gasteiger partial charge in [-0.05, 0) is 26.0 Å². The number of hydrogen-bond donors (Lipinski definition) is 0. The van der Waals surface area contributed by atoms with Crippen LogP contribution in [0.5, 0.6) is 0 Å². The summed E-state index contributed by atoms with van der Waals surface area (Å²) in [6, 6.07) is 17.6. The number of fused-ring (bicyclic) bond motifs is 5. The molecule has 1 saturated heterocycles. The molecule has 0 N–H and O–H groups in total. The minimum Gasteiger partial charge on any atom is -0.370 e. The Balaban J connectivity index is 1.82. The molecule has 0 amide bonds. The Morgan fingerprint density at radius 1 is 0.958 bits per heavy atom. The number of anilines is 2. The first-order chi connectivity index (χ1) is 11.8. The van der Waals surface area contributed by atoms with Crippen molar-refractivity contribution in [1.82, 2.24) is 0 Å². The van der Waals surface area contributed by atoms with E-state index in [1.54, 1.807) is 0 Å². The van der Waals surface area contributed by atoms with Gasteiger partial charge in [0.15, 0.2) is 0 Å². The molecular weight excluding hydrogens is 296 g/mol. The molecule has 5 rings (SSSR count). The quantitative estimate of drug-likeness (QED) is 0.711. The molecule has 0 bridgehead atoms. The lowest BCUT2D eigenvalue weighted by molar-refractivity contribution is 0.371. The van der Waals surface area contributed by atoms with Gasteiger partial charge in [0, 0.05) is 16.7 Å². The molecule has 2 atom stereocenters. The molecule has 3 heteroatoms. The Bertz CT molecular complexity index is 879. The second-order valence-corrected chi connectivity index (χ2v) is 6.43. The molecule has 120 valence electrons. The number of nitrogens with zero attached hydrogens (tertiary/aromatic N) is 2. The maximum Gasteiger partial charge on any atom is 0.107 e. The van der Waals surface area contributed by atoms with E-state index < -0.39 is 0 Å². The third kappa shape index (κ3) is 1.70. The molecule has 3 nitrogen and oxygen atoms in total. The Hall–Kier alpha value is -2.52. The van der Waals surface area contributed by atoms with Gasteiger partial charge in [-0.1, -0.05) is 48.6 Å². The van der Waals surface area contributed by atoms with E-state index in [0.29, 0.717) is 0 Å². The normalized spacial score (nSPS) is 27.2. The van der Waals surface area contributed by atoms with E-state index in [0.717, 1.165) is 6.61 Å². The number of epoxide rings is 1. The van der Waals surface area contributed by atoms with Crippen molar-refractivity contribution in [1.29, 1.82) is 0 Å². The fourth-order valence-electron chi connectivity index (χ4n) is 4.14. The van der Waals surface area contributed by atoms with Crippen LogP contribution < -0.4 is 10.0 Å². The zero-order valence-electron chi connectivity index (χ0n) is 13.9. The number of allylic oxidation sites excluding steroid dienone is 3. The lowest BCUT2D eigenvalue weighted by atomic mass is 9.96. The number of rotatable bonds is 1. The SMILES string of the molecule is CC=C1/C(=C\C)N2c3ccccc3C(C3CO3)N2c2ccccc21. The molecular formula is C21H20N2O. The van der Waals surface area contributed by atoms with Crippen molar-refractivity contribution in [2.75, 3.05) is 16.6 Å². The van der Waals surface area contributed by atoms with Crippen molar-refractivity contribution in [2.24, 2.45) is 0 Å². The van der Waals surface area contributed by atoms with Crippen molar-refractivity contribution in [3.05, 3.63) is 77.5 Å². The molecule has 1 fully saturated rings. The first kappa shape index (κ1) is 13.9. The highest BCUT2D eigenvalue weighted by molar-refractivity contribution is 5.96. The molecule has 0 spiro atoms. The first-order valence-electron chi connectivity index (χ1n) is 8.57. The molecule has 2 unspecified atom stereocenters. The van der Waals surface area contributed by atoms with E-state index in [1.165, 1.54) is 33.8 Å². The van der Waals surface area contributed by atoms with E-state index >= 15 is 0 Å². The Kier molecular flexibility index (Phi) is 2.88. The summed E-state index contributed by atoms with van der Waals surface area (Å²) < 4.78 is 5.73. The van der Waals surface area contributed by atoms with E-state index in [2.05, 4.69) is 84.5 Å². The molecule has 3 aliphatic rings. The summed E-state index contributed by atoms with van der Waals surface area (Å²) in [7, 11) is 0. The summed E-state index contributed by atoms with van der Waals surface area (Å²) in [6.07, 6.45) is 4.70. The third-order valence-corrected chi connectivity index (χ3v) is 5.18. The second-order valence-electron chi connectivity index (χ2n) is 6.43. The molecule has 0 radical (unpaired) electrons. The summed E-state index contributed by atoms with van der Waals surface area (Å²) in [4.78, 5) is 0. The number of hydrogen-bond acceptors (Lipinski definition) is 3. The number of para-hydroxylation sites is 2. The van der Waals surface area contributed by atoms with Gasteiger partial charge in [-0.25, -0.2) is 0 Å². The van der Waals surface area contributed by atoms with Gasteiger partial charge in [0.2, 0.25) is 0 Å². The van der Waals surface area contributed by atoms with Crippen LogP contribution in [0.3, 0.4) is 0 Å². The number of hydrazine groups is 1. The van der Waals surface area contributed by atoms with Crippen LogP contribution in [0.25, 0.3) is 5.57 Å². The van der Waals surface area contributed by atoms with Crippen LogP contribution in [-0.4, -0.2) is 12.7 Å². The fourth-order valence-corrected chi connectivity index (χ4v) is 4.14. The van der Waals surface area contributed by atoms with Crippen LogP contribution in [0.2, 0.25) is 0 Å². The van der Waals surface area contributed by atoms with Gasteiger partial charge in [0.1, 0.15) is 12.1 Å². The van der Waals surface area contributed by atoms with Gasteiger partial charge >= 0.3 is 0 Å². The standard InChI is InChI=1S/C21H20N2O/c1-3-14-15-9-5-7-11-18(15)23-21(20-13-24-20)16-10-6-8-12-19(16)22(23)17(14)4-2/h3-12,20-21H,13H2,1-2H3/b14-3?,17-4+. The minimum atomic E-state index is 0.246. The van der Waals surface area contributed by atoms with Crippen molar-refractivity contribution < 1.29 is 4.74 Å². The third-order valence-electron chi connectivity index (χ3n) is 5.18. The first-order valence-corrected chi connectivity index (χ1v) is 8.57. The van der Waals surface area contributed by atoms with Crippen molar-refractivity contribution in [3.63, 3.8) is 0 Å². The summed E-state index contributed by atoms with van der Waals surface area (Å²) in [5, 5.41) is 4.80. The maximum absolute atomic E-state index is 5.73. The average Bonchev–Trinajstić information content (AvgIpc) is 3.41. The highest BCUT2D eigenvalue weighted by Gasteiger charge is 2.49. The van der Waals surface area contributed by atoms with E-state index in [9.17, 15) is 0 Å². The number of benzene rings is 2. The van der Waals surface area contributed by atoms with Crippen molar-refractivity contribution in [3.8, 4) is 0 Å². The largest absolute Gasteiger partial charge is 0.370 e. The molecule has 2 aromatic rings. The highest BCUT2D eigenvalue weighted by atomic mass is 16.6. The number of ether oxygens (including phenoxy) is 1. The summed E-state index contributed by atoms with van der Waals surface area (Å²) in [5.74, 6) is 0. The monoisotopic (exact) mass is 316 g/mol. The minimum absolute atomic E-state index is 0.246. The maximum atomic E-state index is 5.73. The van der Waals surface area contributed by atoms with Gasteiger partial charge in [0.05, 0.1) is 23.7 Å². The van der Waals surface area contributed by atoms with Crippen LogP contribution in [0.15, 0.2) is 66.4 Å². The van der Waals surface area contributed by atoms with Crippen molar-refractivity contribution in [2.45, 2.75) is 26.0 Å². The molecule has 2 aromatic carbocycles. The zero-order valence-corrected chi connectivity index (χ0v) is 13.9.